The molecule has 0 amide bonds. The van der Waals surface area contributed by atoms with Gasteiger partial charge in [0, 0.05) is 30.9 Å². The minimum absolute atomic E-state index is 0.107. The van der Waals surface area contributed by atoms with Gasteiger partial charge in [-0.3, -0.25) is 4.40 Å². The van der Waals surface area contributed by atoms with E-state index in [9.17, 15) is 0 Å². The van der Waals surface area contributed by atoms with Crippen molar-refractivity contribution < 1.29 is 0 Å². The van der Waals surface area contributed by atoms with Crippen LogP contribution in [0.15, 0.2) is 36.7 Å². The van der Waals surface area contributed by atoms with Gasteiger partial charge in [-0.1, -0.05) is 26.8 Å². The normalized spacial score (nSPS) is 11.8. The maximum atomic E-state index is 4.75. The Kier molecular flexibility index (Phi) is 3.12. The maximum Gasteiger partial charge on any atom is 0.137 e. The van der Waals surface area contributed by atoms with Crippen molar-refractivity contribution in [3.05, 3.63) is 42.5 Å². The Morgan fingerprint density at radius 1 is 1.14 bits per heavy atom. The second-order valence-corrected chi connectivity index (χ2v) is 6.03. The zero-order chi connectivity index (χ0) is 15.0. The summed E-state index contributed by atoms with van der Waals surface area (Å²) >= 11 is 0. The summed E-state index contributed by atoms with van der Waals surface area (Å²) < 4.78 is 2.04. The summed E-state index contributed by atoms with van der Waals surface area (Å²) in [4.78, 5) is 13.6. The first-order valence-electron chi connectivity index (χ1n) is 6.99. The first-order chi connectivity index (χ1) is 9.99. The van der Waals surface area contributed by atoms with Gasteiger partial charge >= 0.3 is 0 Å². The largest absolute Gasteiger partial charge is 0.373 e. The lowest BCUT2D eigenvalue weighted by Crippen LogP contribution is -2.17. The number of imidazole rings is 1. The van der Waals surface area contributed by atoms with E-state index in [1.807, 2.05) is 41.9 Å². The molecule has 0 aliphatic carbocycles. The lowest BCUT2D eigenvalue weighted by atomic mass is 9.95. The Balaban J connectivity index is 2.24. The van der Waals surface area contributed by atoms with Gasteiger partial charge < -0.3 is 5.32 Å². The van der Waals surface area contributed by atoms with Gasteiger partial charge in [0.25, 0.3) is 0 Å². The number of anilines is 1. The average Bonchev–Trinajstić information content (AvgIpc) is 2.94. The molecule has 5 nitrogen and oxygen atoms in total. The SMILES string of the molecule is CNc1cc(-c2cccc3nccn23)nc(C(C)(C)C)n1. The molecule has 3 heterocycles. The standard InChI is InChI=1S/C16H19N5/c1-16(2,3)15-19-11(10-13(17-4)20-15)12-6-5-7-14-18-8-9-21(12)14/h5-10H,1-4H3,(H,17,19,20). The second-order valence-electron chi connectivity index (χ2n) is 6.03. The number of rotatable bonds is 2. The Labute approximate surface area is 124 Å². The molecule has 3 aromatic heterocycles. The van der Waals surface area contributed by atoms with Crippen molar-refractivity contribution in [3.63, 3.8) is 0 Å². The zero-order valence-corrected chi connectivity index (χ0v) is 12.8. The van der Waals surface area contributed by atoms with Crippen molar-refractivity contribution in [1.29, 1.82) is 0 Å². The van der Waals surface area contributed by atoms with Gasteiger partial charge in [0.1, 0.15) is 17.3 Å². The molecule has 0 radical (unpaired) electrons. The molecule has 0 unspecified atom stereocenters. The number of nitrogens with zero attached hydrogens (tertiary/aromatic N) is 4. The molecule has 108 valence electrons. The second kappa shape index (κ2) is 4.84. The zero-order valence-electron chi connectivity index (χ0n) is 12.8. The van der Waals surface area contributed by atoms with E-state index in [0.29, 0.717) is 0 Å². The molecule has 0 atom stereocenters. The number of hydrogen-bond acceptors (Lipinski definition) is 4. The minimum Gasteiger partial charge on any atom is -0.373 e. The van der Waals surface area contributed by atoms with Crippen molar-refractivity contribution in [2.75, 3.05) is 12.4 Å². The van der Waals surface area contributed by atoms with Crippen LogP contribution >= 0.6 is 0 Å². The maximum absolute atomic E-state index is 4.75. The molecule has 21 heavy (non-hydrogen) atoms. The van der Waals surface area contributed by atoms with Crippen molar-refractivity contribution in [3.8, 4) is 11.4 Å². The highest BCUT2D eigenvalue weighted by Gasteiger charge is 2.20. The molecule has 1 N–H and O–H groups in total. The van der Waals surface area contributed by atoms with Crippen LogP contribution < -0.4 is 5.32 Å². The van der Waals surface area contributed by atoms with Crippen molar-refractivity contribution in [2.24, 2.45) is 0 Å². The van der Waals surface area contributed by atoms with E-state index < -0.39 is 0 Å². The highest BCUT2D eigenvalue weighted by atomic mass is 15.0. The number of aromatic nitrogens is 4. The van der Waals surface area contributed by atoms with Crippen LogP contribution in [0.1, 0.15) is 26.6 Å². The van der Waals surface area contributed by atoms with Crippen LogP contribution in [0, 0.1) is 0 Å². The van der Waals surface area contributed by atoms with E-state index in [4.69, 9.17) is 4.98 Å². The Morgan fingerprint density at radius 2 is 1.95 bits per heavy atom. The summed E-state index contributed by atoms with van der Waals surface area (Å²) in [5.74, 6) is 1.64. The first-order valence-corrected chi connectivity index (χ1v) is 6.99. The Morgan fingerprint density at radius 3 is 2.67 bits per heavy atom. The number of nitrogens with one attached hydrogen (secondary N) is 1. The summed E-state index contributed by atoms with van der Waals surface area (Å²) in [5, 5.41) is 3.12. The van der Waals surface area contributed by atoms with E-state index in [0.717, 1.165) is 28.7 Å². The third kappa shape index (κ3) is 2.46. The molecule has 0 aliphatic rings. The molecular weight excluding hydrogens is 262 g/mol. The summed E-state index contributed by atoms with van der Waals surface area (Å²) in [6, 6.07) is 7.98. The molecule has 0 aromatic carbocycles. The van der Waals surface area contributed by atoms with Crippen molar-refractivity contribution in [1.82, 2.24) is 19.4 Å². The Hall–Kier alpha value is -2.43. The highest BCUT2D eigenvalue weighted by Crippen LogP contribution is 2.25. The van der Waals surface area contributed by atoms with E-state index >= 15 is 0 Å². The quantitative estimate of drug-likeness (QED) is 0.784. The predicted molar refractivity (Wildman–Crippen MR) is 84.5 cm³/mol. The lowest BCUT2D eigenvalue weighted by molar-refractivity contribution is 0.546. The number of fused-ring (bicyclic) bond motifs is 1. The van der Waals surface area contributed by atoms with Crippen LogP contribution in [0.2, 0.25) is 0 Å². The summed E-state index contributed by atoms with van der Waals surface area (Å²) in [5.41, 5.74) is 2.71. The van der Waals surface area contributed by atoms with Gasteiger partial charge in [0.15, 0.2) is 0 Å². The van der Waals surface area contributed by atoms with Crippen LogP contribution in [0.4, 0.5) is 5.82 Å². The van der Waals surface area contributed by atoms with Gasteiger partial charge in [-0.2, -0.15) is 0 Å². The molecule has 5 heteroatoms. The van der Waals surface area contributed by atoms with Gasteiger partial charge in [0.2, 0.25) is 0 Å². The fourth-order valence-electron chi connectivity index (χ4n) is 2.20. The van der Waals surface area contributed by atoms with E-state index in [2.05, 4.69) is 36.1 Å². The van der Waals surface area contributed by atoms with Crippen molar-refractivity contribution >= 4 is 11.5 Å². The molecule has 0 saturated heterocycles. The molecule has 0 fully saturated rings. The minimum atomic E-state index is -0.107. The highest BCUT2D eigenvalue weighted by molar-refractivity contribution is 5.63. The van der Waals surface area contributed by atoms with Crippen LogP contribution in [0.25, 0.3) is 17.0 Å². The van der Waals surface area contributed by atoms with Crippen LogP contribution in [-0.2, 0) is 5.41 Å². The smallest absolute Gasteiger partial charge is 0.137 e. The van der Waals surface area contributed by atoms with Gasteiger partial charge in [-0.25, -0.2) is 15.0 Å². The average molecular weight is 281 g/mol. The van der Waals surface area contributed by atoms with Crippen LogP contribution in [0.3, 0.4) is 0 Å². The van der Waals surface area contributed by atoms with E-state index in [1.54, 1.807) is 6.20 Å². The van der Waals surface area contributed by atoms with Crippen LogP contribution in [-0.4, -0.2) is 26.4 Å². The van der Waals surface area contributed by atoms with E-state index in [-0.39, 0.29) is 5.41 Å². The van der Waals surface area contributed by atoms with Gasteiger partial charge in [0.05, 0.1) is 11.4 Å². The predicted octanol–water partition coefficient (Wildman–Crippen LogP) is 3.13. The fourth-order valence-corrected chi connectivity index (χ4v) is 2.20. The fraction of sp³-hybridized carbons (Fsp3) is 0.312. The summed E-state index contributed by atoms with van der Waals surface area (Å²) in [6.07, 6.45) is 3.74. The third-order valence-electron chi connectivity index (χ3n) is 3.34. The van der Waals surface area contributed by atoms with E-state index in [1.165, 1.54) is 0 Å². The topological polar surface area (TPSA) is 55.1 Å². The summed E-state index contributed by atoms with van der Waals surface area (Å²) in [7, 11) is 1.87. The number of hydrogen-bond donors (Lipinski definition) is 1. The number of pyridine rings is 1. The molecule has 3 aromatic rings. The molecule has 0 saturated carbocycles. The third-order valence-corrected chi connectivity index (χ3v) is 3.34. The molecule has 0 spiro atoms. The Bertz CT molecular complexity index is 783. The van der Waals surface area contributed by atoms with Gasteiger partial charge in [-0.15, -0.1) is 0 Å². The molecular formula is C16H19N5. The molecule has 3 rings (SSSR count). The molecule has 0 aliphatic heterocycles. The summed E-state index contributed by atoms with van der Waals surface area (Å²) in [6.45, 7) is 6.34. The van der Waals surface area contributed by atoms with Crippen LogP contribution in [0.5, 0.6) is 0 Å². The monoisotopic (exact) mass is 281 g/mol. The van der Waals surface area contributed by atoms with Crippen molar-refractivity contribution in [2.45, 2.75) is 26.2 Å². The lowest BCUT2D eigenvalue weighted by Gasteiger charge is -2.18. The molecule has 0 bridgehead atoms. The van der Waals surface area contributed by atoms with Gasteiger partial charge in [-0.05, 0) is 12.1 Å². The first kappa shape index (κ1) is 13.5.